The highest BCUT2D eigenvalue weighted by Crippen LogP contribution is 2.39. The van der Waals surface area contributed by atoms with Crippen LogP contribution in [0.1, 0.15) is 43.2 Å². The molecule has 0 amide bonds. The molecule has 0 atom stereocenters. The minimum absolute atomic E-state index is 0.120. The van der Waals surface area contributed by atoms with Crippen LogP contribution in [0.3, 0.4) is 0 Å². The van der Waals surface area contributed by atoms with E-state index in [1.165, 1.54) is 48.9 Å². The number of hydrogen-bond acceptors (Lipinski definition) is 1. The first-order valence-corrected chi connectivity index (χ1v) is 7.69. The Bertz CT molecular complexity index is 536. The average Bonchev–Trinajstić information content (AvgIpc) is 2.52. The van der Waals surface area contributed by atoms with E-state index in [4.69, 9.17) is 0 Å². The van der Waals surface area contributed by atoms with Crippen molar-refractivity contribution >= 4 is 5.69 Å². The van der Waals surface area contributed by atoms with Gasteiger partial charge in [-0.2, -0.15) is 0 Å². The lowest BCUT2D eigenvalue weighted by Gasteiger charge is -2.39. The molecule has 104 valence electrons. The minimum atomic E-state index is 0.120. The Labute approximate surface area is 122 Å². The van der Waals surface area contributed by atoms with E-state index in [2.05, 4.69) is 66.8 Å². The van der Waals surface area contributed by atoms with Crippen molar-refractivity contribution in [1.29, 1.82) is 0 Å². The van der Waals surface area contributed by atoms with Gasteiger partial charge in [-0.25, -0.2) is 0 Å². The largest absolute Gasteiger partial charge is 0.376 e. The Morgan fingerprint density at radius 3 is 2.10 bits per heavy atom. The molecule has 1 aliphatic carbocycles. The zero-order chi connectivity index (χ0) is 13.8. The van der Waals surface area contributed by atoms with Gasteiger partial charge in [0, 0.05) is 5.69 Å². The van der Waals surface area contributed by atoms with Crippen molar-refractivity contribution in [2.45, 2.75) is 44.6 Å². The van der Waals surface area contributed by atoms with Gasteiger partial charge in [-0.15, -0.1) is 0 Å². The number of aryl methyl sites for hydroxylation is 1. The Morgan fingerprint density at radius 1 is 0.800 bits per heavy atom. The van der Waals surface area contributed by atoms with E-state index in [1.807, 2.05) is 0 Å². The molecule has 1 N–H and O–H groups in total. The van der Waals surface area contributed by atoms with Crippen molar-refractivity contribution in [3.63, 3.8) is 0 Å². The summed E-state index contributed by atoms with van der Waals surface area (Å²) in [4.78, 5) is 0. The van der Waals surface area contributed by atoms with Crippen molar-refractivity contribution in [1.82, 2.24) is 0 Å². The van der Waals surface area contributed by atoms with Gasteiger partial charge < -0.3 is 5.32 Å². The highest BCUT2D eigenvalue weighted by molar-refractivity contribution is 5.49. The first-order valence-electron chi connectivity index (χ1n) is 7.69. The topological polar surface area (TPSA) is 12.0 Å². The van der Waals surface area contributed by atoms with Crippen molar-refractivity contribution in [3.05, 3.63) is 65.7 Å². The molecule has 1 fully saturated rings. The Balaban J connectivity index is 1.92. The maximum atomic E-state index is 3.84. The van der Waals surface area contributed by atoms with Crippen LogP contribution in [0.5, 0.6) is 0 Å². The van der Waals surface area contributed by atoms with Gasteiger partial charge in [0.1, 0.15) is 0 Å². The Kier molecular flexibility index (Phi) is 3.77. The number of benzene rings is 2. The van der Waals surface area contributed by atoms with Crippen LogP contribution < -0.4 is 5.32 Å². The van der Waals surface area contributed by atoms with E-state index in [0.29, 0.717) is 0 Å². The molecule has 0 bridgehead atoms. The average molecular weight is 265 g/mol. The van der Waals surface area contributed by atoms with Crippen LogP contribution in [0, 0.1) is 6.92 Å². The van der Waals surface area contributed by atoms with E-state index >= 15 is 0 Å². The normalized spacial score (nSPS) is 17.6. The summed E-state index contributed by atoms with van der Waals surface area (Å²) >= 11 is 0. The van der Waals surface area contributed by atoms with Crippen molar-refractivity contribution < 1.29 is 0 Å². The summed E-state index contributed by atoms with van der Waals surface area (Å²) in [5.41, 5.74) is 4.10. The predicted octanol–water partition coefficient (Wildman–Crippen LogP) is 5.27. The fourth-order valence-corrected chi connectivity index (χ4v) is 3.31. The van der Waals surface area contributed by atoms with Crippen molar-refractivity contribution in [3.8, 4) is 0 Å². The van der Waals surface area contributed by atoms with Crippen LogP contribution in [0.4, 0.5) is 5.69 Å². The molecule has 1 heteroatoms. The number of rotatable bonds is 3. The molecule has 0 unspecified atom stereocenters. The standard InChI is InChI=1S/C19H23N/c1-16-10-12-18(13-11-16)20-19(14-6-3-7-15-19)17-8-4-2-5-9-17/h2,4-5,8-13,20H,3,6-7,14-15H2,1H3. The minimum Gasteiger partial charge on any atom is -0.376 e. The molecule has 1 saturated carbocycles. The molecule has 0 aliphatic heterocycles. The van der Waals surface area contributed by atoms with E-state index in [0.717, 1.165) is 0 Å². The van der Waals surface area contributed by atoms with E-state index in [1.54, 1.807) is 0 Å². The van der Waals surface area contributed by atoms with Crippen LogP contribution >= 0.6 is 0 Å². The quantitative estimate of drug-likeness (QED) is 0.797. The Hall–Kier alpha value is -1.76. The summed E-state index contributed by atoms with van der Waals surface area (Å²) in [6.45, 7) is 2.14. The Morgan fingerprint density at radius 2 is 1.45 bits per heavy atom. The van der Waals surface area contributed by atoms with Crippen LogP contribution in [0.25, 0.3) is 0 Å². The van der Waals surface area contributed by atoms with Gasteiger partial charge in [-0.3, -0.25) is 0 Å². The zero-order valence-corrected chi connectivity index (χ0v) is 12.2. The molecular formula is C19H23N. The fourth-order valence-electron chi connectivity index (χ4n) is 3.31. The first-order chi connectivity index (χ1) is 9.78. The molecule has 0 radical (unpaired) electrons. The lowest BCUT2D eigenvalue weighted by Crippen LogP contribution is -2.37. The smallest absolute Gasteiger partial charge is 0.0625 e. The summed E-state index contributed by atoms with van der Waals surface area (Å²) in [7, 11) is 0. The second-order valence-electron chi connectivity index (χ2n) is 6.00. The third-order valence-corrected chi connectivity index (χ3v) is 4.47. The van der Waals surface area contributed by atoms with Gasteiger partial charge in [0.25, 0.3) is 0 Å². The molecule has 1 nitrogen and oxygen atoms in total. The molecule has 2 aromatic carbocycles. The van der Waals surface area contributed by atoms with Crippen LogP contribution in [0.2, 0.25) is 0 Å². The predicted molar refractivity (Wildman–Crippen MR) is 86.0 cm³/mol. The third-order valence-electron chi connectivity index (χ3n) is 4.47. The second kappa shape index (κ2) is 5.70. The summed E-state index contributed by atoms with van der Waals surface area (Å²) in [5.74, 6) is 0. The van der Waals surface area contributed by atoms with Gasteiger partial charge >= 0.3 is 0 Å². The van der Waals surface area contributed by atoms with Gasteiger partial charge in [0.05, 0.1) is 5.54 Å². The molecule has 0 spiro atoms. The summed E-state index contributed by atoms with van der Waals surface area (Å²) < 4.78 is 0. The molecule has 1 aliphatic rings. The van der Waals surface area contributed by atoms with Crippen molar-refractivity contribution in [2.75, 3.05) is 5.32 Å². The highest BCUT2D eigenvalue weighted by Gasteiger charge is 2.33. The SMILES string of the molecule is Cc1ccc(NC2(c3ccccc3)CCCCC2)cc1. The summed E-state index contributed by atoms with van der Waals surface area (Å²) in [6.07, 6.45) is 6.45. The summed E-state index contributed by atoms with van der Waals surface area (Å²) in [6, 6.07) is 19.7. The molecule has 2 aromatic rings. The lowest BCUT2D eigenvalue weighted by atomic mass is 9.76. The summed E-state index contributed by atoms with van der Waals surface area (Å²) in [5, 5.41) is 3.84. The monoisotopic (exact) mass is 265 g/mol. The van der Waals surface area contributed by atoms with Gasteiger partial charge in [-0.1, -0.05) is 67.3 Å². The maximum Gasteiger partial charge on any atom is 0.0625 e. The molecule has 0 aromatic heterocycles. The lowest BCUT2D eigenvalue weighted by molar-refractivity contribution is 0.330. The van der Waals surface area contributed by atoms with E-state index < -0.39 is 0 Å². The molecular weight excluding hydrogens is 242 g/mol. The van der Waals surface area contributed by atoms with E-state index in [9.17, 15) is 0 Å². The van der Waals surface area contributed by atoms with Gasteiger partial charge in [0.2, 0.25) is 0 Å². The molecule has 0 heterocycles. The number of hydrogen-bond donors (Lipinski definition) is 1. The zero-order valence-electron chi connectivity index (χ0n) is 12.2. The van der Waals surface area contributed by atoms with Gasteiger partial charge in [-0.05, 0) is 37.5 Å². The molecule has 20 heavy (non-hydrogen) atoms. The third kappa shape index (κ3) is 2.72. The van der Waals surface area contributed by atoms with Crippen molar-refractivity contribution in [2.24, 2.45) is 0 Å². The number of anilines is 1. The van der Waals surface area contributed by atoms with Crippen LogP contribution in [0.15, 0.2) is 54.6 Å². The highest BCUT2D eigenvalue weighted by atomic mass is 15.0. The van der Waals surface area contributed by atoms with Crippen LogP contribution in [-0.2, 0) is 5.54 Å². The number of nitrogens with one attached hydrogen (secondary N) is 1. The maximum absolute atomic E-state index is 3.84. The first kappa shape index (κ1) is 13.2. The fraction of sp³-hybridized carbons (Fsp3) is 0.368. The van der Waals surface area contributed by atoms with Crippen LogP contribution in [-0.4, -0.2) is 0 Å². The molecule has 0 saturated heterocycles. The van der Waals surface area contributed by atoms with Gasteiger partial charge in [0.15, 0.2) is 0 Å². The second-order valence-corrected chi connectivity index (χ2v) is 6.00. The molecule has 3 rings (SSSR count). The van der Waals surface area contributed by atoms with E-state index in [-0.39, 0.29) is 5.54 Å².